The van der Waals surface area contributed by atoms with Gasteiger partial charge in [-0.1, -0.05) is 53.2 Å². The smallest absolute Gasteiger partial charge is 0.322 e. The van der Waals surface area contributed by atoms with Crippen LogP contribution in [0.5, 0.6) is 11.5 Å². The topological polar surface area (TPSA) is 41.6 Å². The lowest BCUT2D eigenvalue weighted by Gasteiger charge is -2.29. The second kappa shape index (κ2) is 10.1. The number of rotatable bonds is 7. The third kappa shape index (κ3) is 6.09. The zero-order valence-electron chi connectivity index (χ0n) is 16.6. The van der Waals surface area contributed by atoms with E-state index in [0.717, 1.165) is 33.6 Å². The number of ether oxygens (including phenoxy) is 1. The van der Waals surface area contributed by atoms with E-state index < -0.39 is 0 Å². The summed E-state index contributed by atoms with van der Waals surface area (Å²) in [5, 5.41) is 2.99. The third-order valence-corrected chi connectivity index (χ3v) is 5.24. The molecule has 0 aliphatic carbocycles. The van der Waals surface area contributed by atoms with Crippen molar-refractivity contribution in [3.8, 4) is 11.5 Å². The van der Waals surface area contributed by atoms with Crippen molar-refractivity contribution in [2.24, 2.45) is 0 Å². The van der Waals surface area contributed by atoms with Crippen LogP contribution in [-0.4, -0.2) is 17.0 Å². The zero-order valence-corrected chi connectivity index (χ0v) is 18.2. The first-order chi connectivity index (χ1) is 14.0. The fourth-order valence-electron chi connectivity index (χ4n) is 2.91. The van der Waals surface area contributed by atoms with Gasteiger partial charge in [0.1, 0.15) is 11.5 Å². The molecule has 4 nitrogen and oxygen atoms in total. The maximum atomic E-state index is 13.0. The predicted molar refractivity (Wildman–Crippen MR) is 121 cm³/mol. The molecule has 1 atom stereocenters. The van der Waals surface area contributed by atoms with Crippen LogP contribution < -0.4 is 10.1 Å². The first-order valence-electron chi connectivity index (χ1n) is 9.70. The third-order valence-electron chi connectivity index (χ3n) is 4.71. The van der Waals surface area contributed by atoms with E-state index in [0.29, 0.717) is 6.54 Å². The number of amides is 2. The molecular formula is C24H25BrN2O2. The Morgan fingerprint density at radius 2 is 1.69 bits per heavy atom. The second-order valence-corrected chi connectivity index (χ2v) is 7.80. The van der Waals surface area contributed by atoms with Gasteiger partial charge in [0.15, 0.2) is 0 Å². The van der Waals surface area contributed by atoms with Gasteiger partial charge >= 0.3 is 6.03 Å². The summed E-state index contributed by atoms with van der Waals surface area (Å²) in [5.41, 5.74) is 1.79. The number of nitrogens with one attached hydrogen (secondary N) is 1. The van der Waals surface area contributed by atoms with Crippen LogP contribution >= 0.6 is 15.9 Å². The van der Waals surface area contributed by atoms with Gasteiger partial charge in [0, 0.05) is 22.7 Å². The molecule has 0 aliphatic heterocycles. The molecule has 0 bridgehead atoms. The van der Waals surface area contributed by atoms with Crippen LogP contribution in [-0.2, 0) is 6.54 Å². The molecule has 5 heteroatoms. The number of hydrogen-bond acceptors (Lipinski definition) is 2. The lowest BCUT2D eigenvalue weighted by molar-refractivity contribution is 0.187. The van der Waals surface area contributed by atoms with Crippen LogP contribution in [0.1, 0.15) is 25.8 Å². The molecule has 2 amide bonds. The van der Waals surface area contributed by atoms with Crippen molar-refractivity contribution in [2.45, 2.75) is 32.9 Å². The fraction of sp³-hybridized carbons (Fsp3) is 0.208. The van der Waals surface area contributed by atoms with Crippen molar-refractivity contribution in [1.29, 1.82) is 0 Å². The van der Waals surface area contributed by atoms with Gasteiger partial charge in [-0.3, -0.25) is 0 Å². The van der Waals surface area contributed by atoms with Crippen LogP contribution in [0.25, 0.3) is 0 Å². The minimum absolute atomic E-state index is 0.101. The highest BCUT2D eigenvalue weighted by Gasteiger charge is 2.19. The molecule has 0 fully saturated rings. The SMILES string of the molecule is CCC(C)N(Cc1cccc(Oc2ccccc2)c1)C(=O)Nc1ccc(Br)cc1. The maximum absolute atomic E-state index is 13.0. The number of carbonyl (C=O) groups is 1. The molecule has 0 aliphatic rings. The van der Waals surface area contributed by atoms with Crippen LogP contribution in [0.3, 0.4) is 0 Å². The Bertz CT molecular complexity index is 929. The van der Waals surface area contributed by atoms with E-state index in [2.05, 4.69) is 35.1 Å². The number of carbonyl (C=O) groups excluding carboxylic acids is 1. The highest BCUT2D eigenvalue weighted by molar-refractivity contribution is 9.10. The summed E-state index contributed by atoms with van der Waals surface area (Å²) < 4.78 is 6.91. The van der Waals surface area contributed by atoms with E-state index in [9.17, 15) is 4.79 Å². The maximum Gasteiger partial charge on any atom is 0.322 e. The first-order valence-corrected chi connectivity index (χ1v) is 10.5. The molecule has 150 valence electrons. The van der Waals surface area contributed by atoms with E-state index in [1.807, 2.05) is 83.8 Å². The van der Waals surface area contributed by atoms with Crippen molar-refractivity contribution >= 4 is 27.6 Å². The second-order valence-electron chi connectivity index (χ2n) is 6.88. The summed E-state index contributed by atoms with van der Waals surface area (Å²) >= 11 is 3.41. The van der Waals surface area contributed by atoms with Crippen molar-refractivity contribution < 1.29 is 9.53 Å². The summed E-state index contributed by atoms with van der Waals surface area (Å²) in [6.45, 7) is 4.65. The van der Waals surface area contributed by atoms with Gasteiger partial charge in [-0.05, 0) is 67.4 Å². The van der Waals surface area contributed by atoms with Gasteiger partial charge in [0.2, 0.25) is 0 Å². The first kappa shape index (κ1) is 20.9. The van der Waals surface area contributed by atoms with Gasteiger partial charge in [0.25, 0.3) is 0 Å². The molecule has 3 aromatic rings. The molecule has 1 unspecified atom stereocenters. The normalized spacial score (nSPS) is 11.6. The Hall–Kier alpha value is -2.79. The highest BCUT2D eigenvalue weighted by Crippen LogP contribution is 2.23. The number of para-hydroxylation sites is 1. The molecule has 0 saturated heterocycles. The van der Waals surface area contributed by atoms with Crippen LogP contribution in [0.15, 0.2) is 83.3 Å². The molecule has 29 heavy (non-hydrogen) atoms. The van der Waals surface area contributed by atoms with Crippen molar-refractivity contribution in [2.75, 3.05) is 5.32 Å². The molecule has 0 aromatic heterocycles. The molecule has 1 N–H and O–H groups in total. The Labute approximate surface area is 180 Å². The van der Waals surface area contributed by atoms with Crippen LogP contribution in [0, 0.1) is 0 Å². The molecular weight excluding hydrogens is 428 g/mol. The monoisotopic (exact) mass is 452 g/mol. The van der Waals surface area contributed by atoms with E-state index in [1.165, 1.54) is 0 Å². The zero-order chi connectivity index (χ0) is 20.6. The highest BCUT2D eigenvalue weighted by atomic mass is 79.9. The lowest BCUT2D eigenvalue weighted by Crippen LogP contribution is -2.40. The minimum atomic E-state index is -0.115. The molecule has 0 heterocycles. The number of anilines is 1. The van der Waals surface area contributed by atoms with Crippen molar-refractivity contribution in [3.63, 3.8) is 0 Å². The number of hydrogen-bond donors (Lipinski definition) is 1. The fourth-order valence-corrected chi connectivity index (χ4v) is 3.17. The number of urea groups is 1. The molecule has 0 saturated carbocycles. The van der Waals surface area contributed by atoms with Crippen LogP contribution in [0.4, 0.5) is 10.5 Å². The van der Waals surface area contributed by atoms with E-state index in [4.69, 9.17) is 4.74 Å². The van der Waals surface area contributed by atoms with E-state index in [1.54, 1.807) is 0 Å². The molecule has 3 aromatic carbocycles. The van der Waals surface area contributed by atoms with Crippen molar-refractivity contribution in [3.05, 3.63) is 88.9 Å². The molecule has 3 rings (SSSR count). The van der Waals surface area contributed by atoms with Gasteiger partial charge in [-0.25, -0.2) is 4.79 Å². The predicted octanol–water partition coefficient (Wildman–Crippen LogP) is 7.07. The van der Waals surface area contributed by atoms with Crippen molar-refractivity contribution in [1.82, 2.24) is 4.90 Å². The standard InChI is InChI=1S/C24H25BrN2O2/c1-3-18(2)27(24(28)26-21-14-12-20(25)13-15-21)17-19-8-7-11-23(16-19)29-22-9-5-4-6-10-22/h4-16,18H,3,17H2,1-2H3,(H,26,28). The number of halogens is 1. The van der Waals surface area contributed by atoms with Gasteiger partial charge in [-0.15, -0.1) is 0 Å². The Balaban J connectivity index is 1.73. The Kier molecular flexibility index (Phi) is 7.30. The van der Waals surface area contributed by atoms with E-state index in [-0.39, 0.29) is 12.1 Å². The number of nitrogens with zero attached hydrogens (tertiary/aromatic N) is 1. The van der Waals surface area contributed by atoms with Crippen LogP contribution in [0.2, 0.25) is 0 Å². The minimum Gasteiger partial charge on any atom is -0.457 e. The van der Waals surface area contributed by atoms with Gasteiger partial charge in [0.05, 0.1) is 0 Å². The average molecular weight is 453 g/mol. The summed E-state index contributed by atoms with van der Waals surface area (Å²) in [7, 11) is 0. The summed E-state index contributed by atoms with van der Waals surface area (Å²) in [4.78, 5) is 14.8. The summed E-state index contributed by atoms with van der Waals surface area (Å²) in [5.74, 6) is 1.54. The summed E-state index contributed by atoms with van der Waals surface area (Å²) in [6, 6.07) is 25.1. The average Bonchev–Trinajstić information content (AvgIpc) is 2.74. The largest absolute Gasteiger partial charge is 0.457 e. The molecule has 0 spiro atoms. The summed E-state index contributed by atoms with van der Waals surface area (Å²) in [6.07, 6.45) is 0.869. The Morgan fingerprint density at radius 1 is 1.00 bits per heavy atom. The lowest BCUT2D eigenvalue weighted by atomic mass is 10.1. The van der Waals surface area contributed by atoms with Gasteiger partial charge < -0.3 is 15.0 Å². The van der Waals surface area contributed by atoms with Gasteiger partial charge in [-0.2, -0.15) is 0 Å². The number of benzene rings is 3. The Morgan fingerprint density at radius 3 is 2.38 bits per heavy atom. The molecule has 0 radical (unpaired) electrons. The quantitative estimate of drug-likeness (QED) is 0.416. The van der Waals surface area contributed by atoms with E-state index >= 15 is 0 Å².